The highest BCUT2D eigenvalue weighted by atomic mass is 16.6. The Balaban J connectivity index is 1.93. The Kier molecular flexibility index (Phi) is 5.65. The number of anilines is 1. The van der Waals surface area contributed by atoms with Crippen molar-refractivity contribution in [1.29, 1.82) is 0 Å². The van der Waals surface area contributed by atoms with Gasteiger partial charge in [-0.3, -0.25) is 0 Å². The molecule has 0 radical (unpaired) electrons. The summed E-state index contributed by atoms with van der Waals surface area (Å²) < 4.78 is 5.30. The van der Waals surface area contributed by atoms with E-state index in [1.165, 1.54) is 0 Å². The molecule has 2 heterocycles. The lowest BCUT2D eigenvalue weighted by molar-refractivity contribution is 0.00629. The van der Waals surface area contributed by atoms with Crippen LogP contribution in [0.15, 0.2) is 18.3 Å². The molecule has 0 aliphatic carbocycles. The molecule has 0 aromatic carbocycles. The number of nitrogens with one attached hydrogen (secondary N) is 1. The number of carbonyl (C=O) groups is 1. The molecule has 0 saturated carbocycles. The number of pyridine rings is 1. The van der Waals surface area contributed by atoms with E-state index in [2.05, 4.69) is 10.3 Å². The molecule has 2 N–H and O–H groups in total. The first-order chi connectivity index (χ1) is 10.7. The SMILES string of the molecule is CB(O)N1CCC[C@@H](Nc2ccc(C(=O)OC(C)(C)C)nc2)C1. The van der Waals surface area contributed by atoms with E-state index in [9.17, 15) is 9.82 Å². The first-order valence-electron chi connectivity index (χ1n) is 8.12. The molecule has 2 rings (SSSR count). The first-order valence-corrected chi connectivity index (χ1v) is 8.12. The Morgan fingerprint density at radius 3 is 2.78 bits per heavy atom. The zero-order valence-electron chi connectivity index (χ0n) is 14.4. The van der Waals surface area contributed by atoms with Crippen LogP contribution in [-0.4, -0.2) is 52.6 Å². The highest BCUT2D eigenvalue weighted by Crippen LogP contribution is 2.17. The number of esters is 1. The van der Waals surface area contributed by atoms with Crippen LogP contribution in [0, 0.1) is 0 Å². The normalized spacial score (nSPS) is 19.3. The van der Waals surface area contributed by atoms with Crippen LogP contribution >= 0.6 is 0 Å². The maximum absolute atomic E-state index is 11.9. The molecule has 0 spiro atoms. The van der Waals surface area contributed by atoms with Crippen LogP contribution in [0.5, 0.6) is 0 Å². The van der Waals surface area contributed by atoms with Crippen molar-refractivity contribution in [1.82, 2.24) is 9.79 Å². The van der Waals surface area contributed by atoms with Crippen LogP contribution in [0.2, 0.25) is 6.82 Å². The molecule has 1 fully saturated rings. The summed E-state index contributed by atoms with van der Waals surface area (Å²) in [4.78, 5) is 18.2. The monoisotopic (exact) mass is 319 g/mol. The Morgan fingerprint density at radius 2 is 2.22 bits per heavy atom. The molecule has 1 aromatic heterocycles. The summed E-state index contributed by atoms with van der Waals surface area (Å²) in [5, 5.41) is 13.1. The Bertz CT molecular complexity index is 528. The predicted molar refractivity (Wildman–Crippen MR) is 91.5 cm³/mol. The second-order valence-electron chi connectivity index (χ2n) is 7.04. The van der Waals surface area contributed by atoms with Gasteiger partial charge in [0.2, 0.25) is 0 Å². The topological polar surface area (TPSA) is 74.7 Å². The lowest BCUT2D eigenvalue weighted by Crippen LogP contribution is -2.48. The molecule has 1 aliphatic heterocycles. The fourth-order valence-corrected chi connectivity index (χ4v) is 2.63. The van der Waals surface area contributed by atoms with Crippen LogP contribution in [0.3, 0.4) is 0 Å². The Morgan fingerprint density at radius 1 is 1.48 bits per heavy atom. The van der Waals surface area contributed by atoms with E-state index in [-0.39, 0.29) is 6.04 Å². The molecule has 0 unspecified atom stereocenters. The highest BCUT2D eigenvalue weighted by molar-refractivity contribution is 6.45. The quantitative estimate of drug-likeness (QED) is 0.653. The van der Waals surface area contributed by atoms with E-state index in [4.69, 9.17) is 4.74 Å². The van der Waals surface area contributed by atoms with Gasteiger partial charge in [-0.1, -0.05) is 0 Å². The molecule has 1 atom stereocenters. The van der Waals surface area contributed by atoms with Crippen molar-refractivity contribution in [2.45, 2.75) is 52.1 Å². The molecule has 1 aliphatic rings. The van der Waals surface area contributed by atoms with Gasteiger partial charge in [-0.05, 0) is 59.1 Å². The summed E-state index contributed by atoms with van der Waals surface area (Å²) in [6.07, 6.45) is 3.75. The number of hydrogen-bond acceptors (Lipinski definition) is 6. The zero-order valence-corrected chi connectivity index (χ0v) is 14.4. The second kappa shape index (κ2) is 7.32. The largest absolute Gasteiger partial charge is 0.455 e. The van der Waals surface area contributed by atoms with E-state index in [1.807, 2.05) is 31.6 Å². The van der Waals surface area contributed by atoms with Crippen LogP contribution in [-0.2, 0) is 4.74 Å². The van der Waals surface area contributed by atoms with Gasteiger partial charge in [0.05, 0.1) is 11.9 Å². The number of ether oxygens (including phenoxy) is 1. The van der Waals surface area contributed by atoms with Crippen molar-refractivity contribution in [3.8, 4) is 0 Å². The molecule has 1 saturated heterocycles. The number of piperidine rings is 1. The van der Waals surface area contributed by atoms with E-state index >= 15 is 0 Å². The highest BCUT2D eigenvalue weighted by Gasteiger charge is 2.25. The van der Waals surface area contributed by atoms with Crippen molar-refractivity contribution in [2.75, 3.05) is 18.4 Å². The summed E-state index contributed by atoms with van der Waals surface area (Å²) in [6.45, 7) is 9.00. The minimum atomic E-state index is -0.526. The molecule has 6 nitrogen and oxygen atoms in total. The molecule has 0 bridgehead atoms. The minimum absolute atomic E-state index is 0.271. The Labute approximate surface area is 138 Å². The summed E-state index contributed by atoms with van der Waals surface area (Å²) in [7, 11) is -0.424. The van der Waals surface area contributed by atoms with Crippen molar-refractivity contribution < 1.29 is 14.6 Å². The zero-order chi connectivity index (χ0) is 17.0. The van der Waals surface area contributed by atoms with Gasteiger partial charge < -0.3 is 19.9 Å². The summed E-state index contributed by atoms with van der Waals surface area (Å²) in [6, 6.07) is 3.78. The smallest absolute Gasteiger partial charge is 0.376 e. The number of carbonyl (C=O) groups excluding carboxylic acids is 1. The van der Waals surface area contributed by atoms with Gasteiger partial charge in [-0.25, -0.2) is 9.78 Å². The summed E-state index contributed by atoms with van der Waals surface area (Å²) >= 11 is 0. The number of aromatic nitrogens is 1. The second-order valence-corrected chi connectivity index (χ2v) is 7.04. The molecule has 23 heavy (non-hydrogen) atoms. The summed E-state index contributed by atoms with van der Waals surface area (Å²) in [5.74, 6) is -0.415. The third kappa shape index (κ3) is 5.51. The third-order valence-corrected chi connectivity index (χ3v) is 3.72. The third-order valence-electron chi connectivity index (χ3n) is 3.72. The van der Waals surface area contributed by atoms with Crippen LogP contribution in [0.4, 0.5) is 5.69 Å². The molecule has 126 valence electrons. The van der Waals surface area contributed by atoms with Crippen molar-refractivity contribution in [3.05, 3.63) is 24.0 Å². The molecule has 0 amide bonds. The maximum atomic E-state index is 11.9. The molecule has 1 aromatic rings. The van der Waals surface area contributed by atoms with Gasteiger partial charge >= 0.3 is 13.0 Å². The number of hydrogen-bond donors (Lipinski definition) is 2. The van der Waals surface area contributed by atoms with E-state index in [0.717, 1.165) is 31.6 Å². The number of nitrogens with zero attached hydrogens (tertiary/aromatic N) is 2. The van der Waals surface area contributed by atoms with Gasteiger partial charge in [0.1, 0.15) is 11.3 Å². The molecular formula is C16H26BN3O3. The predicted octanol–water partition coefficient (Wildman–Crippen LogP) is 2.02. The van der Waals surface area contributed by atoms with Gasteiger partial charge in [-0.15, -0.1) is 0 Å². The summed E-state index contributed by atoms with van der Waals surface area (Å²) in [5.41, 5.74) is 0.650. The van der Waals surface area contributed by atoms with Crippen LogP contribution in [0.25, 0.3) is 0 Å². The lowest BCUT2D eigenvalue weighted by Gasteiger charge is -2.34. The van der Waals surface area contributed by atoms with E-state index in [0.29, 0.717) is 5.69 Å². The van der Waals surface area contributed by atoms with Gasteiger partial charge in [0.25, 0.3) is 0 Å². The van der Waals surface area contributed by atoms with Crippen LogP contribution in [0.1, 0.15) is 44.1 Å². The van der Waals surface area contributed by atoms with Gasteiger partial charge in [-0.2, -0.15) is 0 Å². The van der Waals surface area contributed by atoms with Gasteiger partial charge in [0.15, 0.2) is 0 Å². The van der Waals surface area contributed by atoms with Crippen molar-refractivity contribution in [3.63, 3.8) is 0 Å². The van der Waals surface area contributed by atoms with Crippen LogP contribution < -0.4 is 5.32 Å². The fraction of sp³-hybridized carbons (Fsp3) is 0.625. The van der Waals surface area contributed by atoms with Gasteiger partial charge in [0, 0.05) is 12.6 Å². The first kappa shape index (κ1) is 17.8. The Hall–Kier alpha value is -1.60. The maximum Gasteiger partial charge on any atom is 0.376 e. The molecular weight excluding hydrogens is 293 g/mol. The lowest BCUT2D eigenvalue weighted by atomic mass is 9.82. The van der Waals surface area contributed by atoms with E-state index in [1.54, 1.807) is 19.1 Å². The standard InChI is InChI=1S/C16H26BN3O3/c1-16(2,3)23-15(21)14-8-7-12(10-18-14)19-13-6-5-9-20(11-13)17(4)22/h7-8,10,13,19,22H,5-6,9,11H2,1-4H3/t13-/m1/s1. The number of rotatable bonds is 4. The van der Waals surface area contributed by atoms with E-state index < -0.39 is 18.6 Å². The average Bonchev–Trinajstić information content (AvgIpc) is 2.46. The van der Waals surface area contributed by atoms with Crippen molar-refractivity contribution in [2.24, 2.45) is 0 Å². The molecule has 7 heteroatoms. The van der Waals surface area contributed by atoms with Crippen molar-refractivity contribution >= 4 is 18.7 Å². The minimum Gasteiger partial charge on any atom is -0.455 e. The average molecular weight is 319 g/mol. The fourth-order valence-electron chi connectivity index (χ4n) is 2.63.